The highest BCUT2D eigenvalue weighted by Gasteiger charge is 2.23. The van der Waals surface area contributed by atoms with Gasteiger partial charge < -0.3 is 20.4 Å². The van der Waals surface area contributed by atoms with Crippen LogP contribution in [0.25, 0.3) is 0 Å². The molecule has 2 aromatic rings. The molecule has 162 valence electrons. The predicted octanol–water partition coefficient (Wildman–Crippen LogP) is 3.74. The molecule has 2 aliphatic heterocycles. The zero-order valence-corrected chi connectivity index (χ0v) is 18.2. The molecule has 0 bridgehead atoms. The number of fused-ring (bicyclic) bond motifs is 1. The van der Waals surface area contributed by atoms with E-state index in [1.54, 1.807) is 4.90 Å². The van der Waals surface area contributed by atoms with Gasteiger partial charge in [0.1, 0.15) is 5.82 Å². The first kappa shape index (κ1) is 20.9. The Morgan fingerprint density at radius 3 is 2.65 bits per heavy atom. The van der Waals surface area contributed by atoms with Crippen LogP contribution >= 0.6 is 0 Å². The Kier molecular flexibility index (Phi) is 6.52. The summed E-state index contributed by atoms with van der Waals surface area (Å²) in [6.07, 6.45) is 9.66. The Balaban J connectivity index is 1.47. The second-order valence-electron chi connectivity index (χ2n) is 7.88. The van der Waals surface area contributed by atoms with Crippen molar-refractivity contribution in [2.24, 2.45) is 0 Å². The number of piperazine rings is 1. The molecule has 1 aromatic heterocycles. The van der Waals surface area contributed by atoms with E-state index in [0.29, 0.717) is 13.1 Å². The van der Waals surface area contributed by atoms with Crippen LogP contribution in [0.1, 0.15) is 12.5 Å². The summed E-state index contributed by atoms with van der Waals surface area (Å²) >= 11 is 0. The maximum absolute atomic E-state index is 12.4. The average molecular weight is 419 g/mol. The number of aromatic nitrogens is 1. The number of carbonyl (C=O) groups excluding carboxylic acids is 1. The van der Waals surface area contributed by atoms with Crippen molar-refractivity contribution in [2.45, 2.75) is 13.5 Å². The Bertz CT molecular complexity index is 961. The number of hydrogen-bond acceptors (Lipinski definition) is 5. The number of likely N-dealkylation sites (N-methyl/N-ethyl adjacent to an activating group) is 1. The summed E-state index contributed by atoms with van der Waals surface area (Å²) < 4.78 is 0. The van der Waals surface area contributed by atoms with Crippen molar-refractivity contribution in [2.75, 3.05) is 54.9 Å². The summed E-state index contributed by atoms with van der Waals surface area (Å²) in [7, 11) is 2.17. The molecular weight excluding hydrogens is 388 g/mol. The molecule has 7 nitrogen and oxygen atoms in total. The number of hydrogen-bond donors (Lipinski definition) is 2. The van der Waals surface area contributed by atoms with Crippen LogP contribution in [0, 0.1) is 0 Å². The molecule has 4 rings (SSSR count). The van der Waals surface area contributed by atoms with Crippen molar-refractivity contribution in [3.8, 4) is 0 Å². The quantitative estimate of drug-likeness (QED) is 0.700. The van der Waals surface area contributed by atoms with Crippen LogP contribution < -0.4 is 20.4 Å². The topological polar surface area (TPSA) is 63.7 Å². The minimum Gasteiger partial charge on any atom is -0.369 e. The van der Waals surface area contributed by atoms with E-state index < -0.39 is 0 Å². The molecule has 2 N–H and O–H groups in total. The van der Waals surface area contributed by atoms with Gasteiger partial charge in [0.15, 0.2) is 0 Å². The summed E-state index contributed by atoms with van der Waals surface area (Å²) in [6.45, 7) is 7.25. The summed E-state index contributed by atoms with van der Waals surface area (Å²) in [4.78, 5) is 23.5. The van der Waals surface area contributed by atoms with E-state index in [1.165, 1.54) is 5.69 Å². The molecule has 0 unspecified atom stereocenters. The van der Waals surface area contributed by atoms with Gasteiger partial charge in [0.25, 0.3) is 0 Å². The van der Waals surface area contributed by atoms with Gasteiger partial charge in [0, 0.05) is 68.5 Å². The number of nitrogens with one attached hydrogen (secondary N) is 2. The lowest BCUT2D eigenvalue weighted by Gasteiger charge is -2.34. The molecule has 31 heavy (non-hydrogen) atoms. The molecule has 3 heterocycles. The van der Waals surface area contributed by atoms with E-state index in [0.717, 1.165) is 48.9 Å². The van der Waals surface area contributed by atoms with Crippen molar-refractivity contribution in [1.29, 1.82) is 0 Å². The third-order valence-electron chi connectivity index (χ3n) is 5.66. The first-order valence-corrected chi connectivity index (χ1v) is 10.8. The lowest BCUT2D eigenvalue weighted by atomic mass is 10.1. The second kappa shape index (κ2) is 9.66. The molecule has 2 amide bonds. The highest BCUT2D eigenvalue weighted by atomic mass is 16.2. The number of urea groups is 1. The molecule has 1 aromatic carbocycles. The van der Waals surface area contributed by atoms with Crippen molar-refractivity contribution in [3.63, 3.8) is 0 Å². The zero-order chi connectivity index (χ0) is 21.6. The number of allylic oxidation sites excluding steroid dienone is 3. The van der Waals surface area contributed by atoms with E-state index in [2.05, 4.69) is 56.7 Å². The lowest BCUT2D eigenvalue weighted by Crippen LogP contribution is -2.44. The fourth-order valence-electron chi connectivity index (χ4n) is 3.81. The van der Waals surface area contributed by atoms with Gasteiger partial charge in [-0.25, -0.2) is 9.78 Å². The Morgan fingerprint density at radius 1 is 1.13 bits per heavy atom. The number of nitrogens with zero attached hydrogens (tertiary/aromatic N) is 4. The third kappa shape index (κ3) is 5.06. The fraction of sp³-hybridized carbons (Fsp3) is 0.333. The van der Waals surface area contributed by atoms with Crippen molar-refractivity contribution >= 4 is 28.9 Å². The van der Waals surface area contributed by atoms with E-state index >= 15 is 0 Å². The third-order valence-corrected chi connectivity index (χ3v) is 5.66. The Hall–Kier alpha value is -3.32. The smallest absolute Gasteiger partial charge is 0.322 e. The summed E-state index contributed by atoms with van der Waals surface area (Å²) in [6, 6.07) is 10.3. The molecule has 0 saturated carbocycles. The molecule has 0 spiro atoms. The standard InChI is InChI=1S/C24H30N6O/c1-3-4-5-6-11-30-22-16-23(25-17-19(22)18-26-24(30)31)27-20-7-9-21(10-8-20)29-14-12-28(2)13-15-29/h3-10,16-17H,11-15,18H2,1-2H3,(H,25,27)(H,26,31)/b4-3+,6-5+. The van der Waals surface area contributed by atoms with Crippen LogP contribution in [0.2, 0.25) is 0 Å². The molecular formula is C24H30N6O. The van der Waals surface area contributed by atoms with Gasteiger partial charge in [-0.15, -0.1) is 0 Å². The molecule has 0 radical (unpaired) electrons. The van der Waals surface area contributed by atoms with Gasteiger partial charge in [-0.05, 0) is 38.2 Å². The second-order valence-corrected chi connectivity index (χ2v) is 7.88. The maximum atomic E-state index is 12.4. The van der Waals surface area contributed by atoms with Crippen molar-refractivity contribution < 1.29 is 4.79 Å². The number of carbonyl (C=O) groups is 1. The zero-order valence-electron chi connectivity index (χ0n) is 18.2. The molecule has 0 aliphatic carbocycles. The van der Waals surface area contributed by atoms with E-state index in [1.807, 2.05) is 43.5 Å². The Labute approximate surface area is 184 Å². The van der Waals surface area contributed by atoms with Crippen LogP contribution in [0.15, 0.2) is 60.8 Å². The monoisotopic (exact) mass is 418 g/mol. The Morgan fingerprint density at radius 2 is 1.90 bits per heavy atom. The van der Waals surface area contributed by atoms with Crippen LogP contribution in [0.3, 0.4) is 0 Å². The van der Waals surface area contributed by atoms with Gasteiger partial charge >= 0.3 is 6.03 Å². The van der Waals surface area contributed by atoms with Gasteiger partial charge in [-0.1, -0.05) is 24.3 Å². The first-order valence-electron chi connectivity index (χ1n) is 10.8. The number of rotatable bonds is 6. The van der Waals surface area contributed by atoms with Crippen LogP contribution in [0.5, 0.6) is 0 Å². The highest BCUT2D eigenvalue weighted by molar-refractivity contribution is 5.95. The SMILES string of the molecule is C/C=C/C=C/CN1C(=O)NCc2cnc(Nc3ccc(N4CCN(C)CC4)cc3)cc21. The minimum absolute atomic E-state index is 0.0914. The van der Waals surface area contributed by atoms with Gasteiger partial charge in [-0.2, -0.15) is 0 Å². The van der Waals surface area contributed by atoms with E-state index in [4.69, 9.17) is 0 Å². The maximum Gasteiger partial charge on any atom is 0.322 e. The molecule has 7 heteroatoms. The molecule has 1 saturated heterocycles. The van der Waals surface area contributed by atoms with Crippen LogP contribution in [-0.2, 0) is 6.54 Å². The normalized spacial score (nSPS) is 17.3. The molecule has 2 aliphatic rings. The lowest BCUT2D eigenvalue weighted by molar-refractivity contribution is 0.245. The summed E-state index contributed by atoms with van der Waals surface area (Å²) in [5.74, 6) is 0.725. The van der Waals surface area contributed by atoms with Gasteiger partial charge in [0.05, 0.1) is 5.69 Å². The number of amides is 2. The summed E-state index contributed by atoms with van der Waals surface area (Å²) in [5, 5.41) is 6.28. The first-order chi connectivity index (χ1) is 15.1. The largest absolute Gasteiger partial charge is 0.369 e. The van der Waals surface area contributed by atoms with E-state index in [9.17, 15) is 4.79 Å². The van der Waals surface area contributed by atoms with Gasteiger partial charge in [0.2, 0.25) is 0 Å². The van der Waals surface area contributed by atoms with Crippen molar-refractivity contribution in [1.82, 2.24) is 15.2 Å². The van der Waals surface area contributed by atoms with E-state index in [-0.39, 0.29) is 6.03 Å². The molecule has 1 fully saturated rings. The number of benzene rings is 1. The summed E-state index contributed by atoms with van der Waals surface area (Å²) in [5.41, 5.74) is 4.12. The predicted molar refractivity (Wildman–Crippen MR) is 127 cm³/mol. The van der Waals surface area contributed by atoms with Crippen molar-refractivity contribution in [3.05, 3.63) is 66.4 Å². The highest BCUT2D eigenvalue weighted by Crippen LogP contribution is 2.28. The minimum atomic E-state index is -0.0914. The van der Waals surface area contributed by atoms with Crippen LogP contribution in [-0.4, -0.2) is 55.7 Å². The fourth-order valence-corrected chi connectivity index (χ4v) is 3.81. The van der Waals surface area contributed by atoms with Crippen LogP contribution in [0.4, 0.5) is 27.7 Å². The average Bonchev–Trinajstić information content (AvgIpc) is 2.79. The van der Waals surface area contributed by atoms with Gasteiger partial charge in [-0.3, -0.25) is 4.90 Å². The number of anilines is 4. The molecule has 0 atom stereocenters. The number of pyridine rings is 1.